The molecule has 1 aliphatic rings. The van der Waals surface area contributed by atoms with Crippen molar-refractivity contribution in [2.24, 2.45) is 0 Å². The molecule has 1 aliphatic heterocycles. The Bertz CT molecular complexity index is 235. The molecule has 0 aromatic rings. The second-order valence-electron chi connectivity index (χ2n) is 2.59. The third-order valence-electron chi connectivity index (χ3n) is 1.51. The number of hydrogen-bond donors (Lipinski definition) is 3. The fourth-order valence-corrected chi connectivity index (χ4v) is 0.872. The van der Waals surface area contributed by atoms with Gasteiger partial charge in [0.15, 0.2) is 11.9 Å². The van der Waals surface area contributed by atoms with Crippen LogP contribution in [0.15, 0.2) is 12.0 Å². The summed E-state index contributed by atoms with van der Waals surface area (Å²) in [7, 11) is 0. The zero-order valence-electron chi connectivity index (χ0n) is 6.88. The molecule has 6 heteroatoms. The van der Waals surface area contributed by atoms with E-state index >= 15 is 0 Å². The molecule has 3 atom stereocenters. The van der Waals surface area contributed by atoms with Crippen LogP contribution < -0.4 is 0 Å². The van der Waals surface area contributed by atoms with Gasteiger partial charge in [0.05, 0.1) is 0 Å². The van der Waals surface area contributed by atoms with Crippen LogP contribution in [0.4, 0.5) is 0 Å². The largest absolute Gasteiger partial charge is 0.506 e. The van der Waals surface area contributed by atoms with Crippen LogP contribution in [0.25, 0.3) is 0 Å². The molecule has 3 N–H and O–H groups in total. The highest BCUT2D eigenvalue weighted by Gasteiger charge is 2.36. The fraction of sp³-hybridized carbons (Fsp3) is 0.571. The van der Waals surface area contributed by atoms with Crippen LogP contribution in [0, 0.1) is 0 Å². The number of esters is 1. The smallest absolute Gasteiger partial charge is 0.305 e. The molecular formula is C7H10O6. The lowest BCUT2D eigenvalue weighted by molar-refractivity contribution is -0.207. The van der Waals surface area contributed by atoms with Gasteiger partial charge >= 0.3 is 5.97 Å². The van der Waals surface area contributed by atoms with E-state index in [0.29, 0.717) is 0 Å². The van der Waals surface area contributed by atoms with Gasteiger partial charge in [-0.3, -0.25) is 4.79 Å². The summed E-state index contributed by atoms with van der Waals surface area (Å²) in [6.45, 7) is 1.14. The van der Waals surface area contributed by atoms with Crippen molar-refractivity contribution in [3.63, 3.8) is 0 Å². The summed E-state index contributed by atoms with van der Waals surface area (Å²) in [6, 6.07) is 0. The maximum Gasteiger partial charge on any atom is 0.305 e. The minimum atomic E-state index is -1.49. The topological polar surface area (TPSA) is 96.2 Å². The summed E-state index contributed by atoms with van der Waals surface area (Å²) < 4.78 is 9.11. The Morgan fingerprint density at radius 1 is 1.62 bits per heavy atom. The SMILES string of the molecule is CC(=O)OC1OC=C(O)C(O)C1O. The average Bonchev–Trinajstić information content (AvgIpc) is 2.06. The molecule has 0 radical (unpaired) electrons. The highest BCUT2D eigenvalue weighted by atomic mass is 16.7. The van der Waals surface area contributed by atoms with E-state index in [2.05, 4.69) is 9.47 Å². The third-order valence-corrected chi connectivity index (χ3v) is 1.51. The van der Waals surface area contributed by atoms with Crippen LogP contribution in [0.2, 0.25) is 0 Å². The monoisotopic (exact) mass is 190 g/mol. The normalized spacial score (nSPS) is 33.2. The lowest BCUT2D eigenvalue weighted by atomic mass is 10.1. The van der Waals surface area contributed by atoms with Gasteiger partial charge in [-0.25, -0.2) is 0 Å². The summed E-state index contributed by atoms with van der Waals surface area (Å²) in [4.78, 5) is 10.5. The minimum absolute atomic E-state index is 0.504. The van der Waals surface area contributed by atoms with Crippen molar-refractivity contribution in [1.29, 1.82) is 0 Å². The molecule has 0 spiro atoms. The molecule has 3 unspecified atom stereocenters. The Hall–Kier alpha value is -1.27. The molecule has 0 aliphatic carbocycles. The van der Waals surface area contributed by atoms with Crippen LogP contribution >= 0.6 is 0 Å². The Morgan fingerprint density at radius 2 is 2.23 bits per heavy atom. The summed E-state index contributed by atoms with van der Waals surface area (Å²) in [5.41, 5.74) is 0. The molecule has 0 saturated heterocycles. The van der Waals surface area contributed by atoms with Crippen molar-refractivity contribution in [2.45, 2.75) is 25.4 Å². The predicted molar refractivity (Wildman–Crippen MR) is 39.4 cm³/mol. The van der Waals surface area contributed by atoms with Crippen molar-refractivity contribution in [3.8, 4) is 0 Å². The Labute approximate surface area is 74.0 Å². The fourth-order valence-electron chi connectivity index (χ4n) is 0.872. The molecule has 0 aromatic carbocycles. The maximum absolute atomic E-state index is 10.5. The summed E-state index contributed by atoms with van der Waals surface area (Å²) in [5, 5.41) is 27.2. The number of aliphatic hydroxyl groups is 3. The molecular weight excluding hydrogens is 180 g/mol. The van der Waals surface area contributed by atoms with Crippen molar-refractivity contribution in [1.82, 2.24) is 0 Å². The second kappa shape index (κ2) is 3.63. The molecule has 6 nitrogen and oxygen atoms in total. The van der Waals surface area contributed by atoms with Crippen LogP contribution in [0.1, 0.15) is 6.92 Å². The molecule has 0 amide bonds. The summed E-state index contributed by atoms with van der Waals surface area (Å²) >= 11 is 0. The zero-order chi connectivity index (χ0) is 10.0. The van der Waals surface area contributed by atoms with E-state index in [1.807, 2.05) is 0 Å². The van der Waals surface area contributed by atoms with Crippen LogP contribution in [0.3, 0.4) is 0 Å². The Balaban J connectivity index is 2.65. The van der Waals surface area contributed by atoms with Crippen LogP contribution in [-0.2, 0) is 14.3 Å². The molecule has 0 saturated carbocycles. The molecule has 74 valence electrons. The highest BCUT2D eigenvalue weighted by Crippen LogP contribution is 2.17. The van der Waals surface area contributed by atoms with Gasteiger partial charge in [-0.05, 0) is 0 Å². The summed E-state index contributed by atoms with van der Waals surface area (Å²) in [6.07, 6.45) is -3.42. The maximum atomic E-state index is 10.5. The highest BCUT2D eigenvalue weighted by molar-refractivity contribution is 5.66. The average molecular weight is 190 g/mol. The van der Waals surface area contributed by atoms with Crippen molar-refractivity contribution in [2.75, 3.05) is 0 Å². The van der Waals surface area contributed by atoms with Gasteiger partial charge in [0.2, 0.25) is 0 Å². The molecule has 13 heavy (non-hydrogen) atoms. The van der Waals surface area contributed by atoms with E-state index in [4.69, 9.17) is 10.2 Å². The first kappa shape index (κ1) is 9.82. The van der Waals surface area contributed by atoms with Crippen molar-refractivity contribution >= 4 is 5.97 Å². The van der Waals surface area contributed by atoms with Gasteiger partial charge in [-0.1, -0.05) is 0 Å². The third kappa shape index (κ3) is 2.10. The van der Waals surface area contributed by atoms with Gasteiger partial charge in [0.1, 0.15) is 12.4 Å². The van der Waals surface area contributed by atoms with Crippen LogP contribution in [0.5, 0.6) is 0 Å². The minimum Gasteiger partial charge on any atom is -0.506 e. The predicted octanol–water partition coefficient (Wildman–Crippen LogP) is -0.973. The van der Waals surface area contributed by atoms with E-state index in [0.717, 1.165) is 13.2 Å². The first-order chi connectivity index (χ1) is 6.02. The summed E-state index contributed by atoms with van der Waals surface area (Å²) in [5.74, 6) is -1.15. The zero-order valence-corrected chi connectivity index (χ0v) is 6.88. The Kier molecular flexibility index (Phi) is 2.74. The van der Waals surface area contributed by atoms with Gasteiger partial charge in [0.25, 0.3) is 6.29 Å². The molecule has 0 aromatic heterocycles. The lowest BCUT2D eigenvalue weighted by Crippen LogP contribution is -2.44. The van der Waals surface area contributed by atoms with Gasteiger partial charge in [-0.15, -0.1) is 0 Å². The van der Waals surface area contributed by atoms with E-state index in [-0.39, 0.29) is 0 Å². The van der Waals surface area contributed by atoms with Crippen molar-refractivity contribution in [3.05, 3.63) is 12.0 Å². The molecule has 1 heterocycles. The first-order valence-corrected chi connectivity index (χ1v) is 3.60. The first-order valence-electron chi connectivity index (χ1n) is 3.60. The van der Waals surface area contributed by atoms with Gasteiger partial charge in [-0.2, -0.15) is 0 Å². The number of carbonyl (C=O) groups excluding carboxylic acids is 1. The van der Waals surface area contributed by atoms with Gasteiger partial charge < -0.3 is 24.8 Å². The number of aliphatic hydroxyl groups excluding tert-OH is 3. The molecule has 0 fully saturated rings. The standard InChI is InChI=1S/C7H10O6/c1-3(8)13-7-6(11)5(10)4(9)2-12-7/h2,5-7,9-11H,1H3. The van der Waals surface area contributed by atoms with Crippen LogP contribution in [-0.4, -0.2) is 39.8 Å². The van der Waals surface area contributed by atoms with E-state index in [9.17, 15) is 9.90 Å². The molecule has 0 bridgehead atoms. The lowest BCUT2D eigenvalue weighted by Gasteiger charge is -2.28. The van der Waals surface area contributed by atoms with Gasteiger partial charge in [0, 0.05) is 6.92 Å². The van der Waals surface area contributed by atoms with E-state index < -0.39 is 30.2 Å². The van der Waals surface area contributed by atoms with Crippen molar-refractivity contribution < 1.29 is 29.6 Å². The number of rotatable bonds is 1. The second-order valence-corrected chi connectivity index (χ2v) is 2.59. The molecule has 1 rings (SSSR count). The quantitative estimate of drug-likeness (QED) is 0.460. The number of ether oxygens (including phenoxy) is 2. The number of hydrogen-bond acceptors (Lipinski definition) is 6. The Morgan fingerprint density at radius 3 is 2.77 bits per heavy atom. The number of carbonyl (C=O) groups is 1. The van der Waals surface area contributed by atoms with E-state index in [1.165, 1.54) is 0 Å². The van der Waals surface area contributed by atoms with E-state index in [1.54, 1.807) is 0 Å².